The number of nitrogens with zero attached hydrogens (tertiary/aromatic N) is 1. The van der Waals surface area contributed by atoms with Gasteiger partial charge in [0, 0.05) is 36.5 Å². The van der Waals surface area contributed by atoms with Crippen molar-refractivity contribution in [2.75, 3.05) is 5.73 Å². The lowest BCUT2D eigenvalue weighted by atomic mass is 9.84. The summed E-state index contributed by atoms with van der Waals surface area (Å²) in [5.74, 6) is -0.295. The Morgan fingerprint density at radius 3 is 2.43 bits per heavy atom. The molecule has 3 aromatic rings. The maximum absolute atomic E-state index is 13.6. The normalized spacial score (nSPS) is 12.5. The van der Waals surface area contributed by atoms with Crippen LogP contribution >= 0.6 is 0 Å². The quantitative estimate of drug-likeness (QED) is 0.194. The molecule has 3 rings (SSSR count). The van der Waals surface area contributed by atoms with Crippen LogP contribution in [0.4, 0.5) is 10.1 Å². The predicted octanol–water partition coefficient (Wildman–Crippen LogP) is 7.06. The van der Waals surface area contributed by atoms with Gasteiger partial charge in [0.25, 0.3) is 0 Å². The molecule has 1 aromatic heterocycles. The minimum Gasteiger partial charge on any atom is -0.398 e. The summed E-state index contributed by atoms with van der Waals surface area (Å²) in [4.78, 5) is 28.9. The van der Waals surface area contributed by atoms with Gasteiger partial charge in [0.15, 0.2) is 11.6 Å². The maximum atomic E-state index is 13.6. The standard InChI is InChI=1S/C28H29FN2O2.C2H6/c1-19(20(2)26-17-24(29)11-14-27(26)30)16-28(33)23-9-5-21(6-10-23)7-12-25(32)13-8-22-4-3-15-31-18-22;1-2/h3-6,8-11,13-15,17-20H,7,12,16,30H2,1-2H3;1-2H3/b13-8+;. The fraction of sp³-hybridized carbons (Fsp3) is 0.300. The average Bonchev–Trinajstić information content (AvgIpc) is 2.89. The van der Waals surface area contributed by atoms with E-state index in [4.69, 9.17) is 5.73 Å². The average molecular weight is 475 g/mol. The molecule has 0 radical (unpaired) electrons. The van der Waals surface area contributed by atoms with Crippen molar-refractivity contribution in [2.45, 2.75) is 52.9 Å². The number of aryl methyl sites for hydroxylation is 1. The highest BCUT2D eigenvalue weighted by Gasteiger charge is 2.21. The van der Waals surface area contributed by atoms with Gasteiger partial charge >= 0.3 is 0 Å². The molecular formula is C30H35FN2O2. The third-order valence-corrected chi connectivity index (χ3v) is 5.98. The number of Topliss-reactive ketones (excluding diaryl/α,β-unsaturated/α-hetero) is 1. The Morgan fingerprint density at radius 1 is 1.06 bits per heavy atom. The number of ketones is 2. The number of benzene rings is 2. The summed E-state index contributed by atoms with van der Waals surface area (Å²) in [5.41, 5.74) is 9.79. The van der Waals surface area contributed by atoms with Crippen LogP contribution in [0.3, 0.4) is 0 Å². The van der Waals surface area contributed by atoms with E-state index in [2.05, 4.69) is 4.98 Å². The van der Waals surface area contributed by atoms with Crippen molar-refractivity contribution in [1.29, 1.82) is 0 Å². The molecular weight excluding hydrogens is 439 g/mol. The number of hydrogen-bond acceptors (Lipinski definition) is 4. The second kappa shape index (κ2) is 14.0. The van der Waals surface area contributed by atoms with Crippen molar-refractivity contribution < 1.29 is 14.0 Å². The van der Waals surface area contributed by atoms with Gasteiger partial charge in [-0.05, 0) is 71.4 Å². The second-order valence-electron chi connectivity index (χ2n) is 8.45. The van der Waals surface area contributed by atoms with Gasteiger partial charge in [-0.25, -0.2) is 4.39 Å². The fourth-order valence-electron chi connectivity index (χ4n) is 3.71. The molecule has 2 atom stereocenters. The van der Waals surface area contributed by atoms with E-state index in [1.165, 1.54) is 12.1 Å². The third kappa shape index (κ3) is 8.60. The van der Waals surface area contributed by atoms with Crippen LogP contribution in [0.2, 0.25) is 0 Å². The van der Waals surface area contributed by atoms with Crippen LogP contribution in [0, 0.1) is 11.7 Å². The lowest BCUT2D eigenvalue weighted by Gasteiger charge is -2.21. The number of carbonyl (C=O) groups excluding carboxylic acids is 2. The molecule has 0 bridgehead atoms. The van der Waals surface area contributed by atoms with E-state index in [1.54, 1.807) is 30.6 Å². The summed E-state index contributed by atoms with van der Waals surface area (Å²) in [6.45, 7) is 7.94. The van der Waals surface area contributed by atoms with Gasteiger partial charge in [-0.2, -0.15) is 0 Å². The monoisotopic (exact) mass is 474 g/mol. The summed E-state index contributed by atoms with van der Waals surface area (Å²) in [5, 5.41) is 0. The van der Waals surface area contributed by atoms with E-state index in [0.29, 0.717) is 30.5 Å². The number of allylic oxidation sites excluding steroid dienone is 1. The molecule has 184 valence electrons. The molecule has 0 amide bonds. The van der Waals surface area contributed by atoms with Crippen LogP contribution in [-0.4, -0.2) is 16.6 Å². The Kier molecular flexibility index (Phi) is 11.0. The van der Waals surface area contributed by atoms with Gasteiger partial charge in [-0.15, -0.1) is 0 Å². The minimum atomic E-state index is -0.328. The Hall–Kier alpha value is -3.60. The zero-order valence-corrected chi connectivity index (χ0v) is 21.0. The first kappa shape index (κ1) is 27.6. The highest BCUT2D eigenvalue weighted by atomic mass is 19.1. The number of aromatic nitrogens is 1. The summed E-state index contributed by atoms with van der Waals surface area (Å²) < 4.78 is 13.6. The van der Waals surface area contributed by atoms with Crippen molar-refractivity contribution in [2.24, 2.45) is 5.92 Å². The van der Waals surface area contributed by atoms with Crippen LogP contribution in [-0.2, 0) is 11.2 Å². The molecule has 2 N–H and O–H groups in total. The summed E-state index contributed by atoms with van der Waals surface area (Å²) in [7, 11) is 0. The lowest BCUT2D eigenvalue weighted by molar-refractivity contribution is -0.114. The molecule has 4 nitrogen and oxygen atoms in total. The van der Waals surface area contributed by atoms with Crippen LogP contribution in [0.25, 0.3) is 6.08 Å². The molecule has 2 unspecified atom stereocenters. The largest absolute Gasteiger partial charge is 0.398 e. The van der Waals surface area contributed by atoms with Crippen LogP contribution in [0.1, 0.15) is 73.5 Å². The van der Waals surface area contributed by atoms with E-state index in [0.717, 1.165) is 16.7 Å². The molecule has 0 saturated carbocycles. The smallest absolute Gasteiger partial charge is 0.163 e. The number of anilines is 1. The Morgan fingerprint density at radius 2 is 1.77 bits per heavy atom. The first-order valence-corrected chi connectivity index (χ1v) is 12.1. The molecule has 0 aliphatic rings. The molecule has 1 heterocycles. The van der Waals surface area contributed by atoms with E-state index in [1.807, 2.05) is 64.1 Å². The topological polar surface area (TPSA) is 73.0 Å². The van der Waals surface area contributed by atoms with E-state index >= 15 is 0 Å². The number of carbonyl (C=O) groups is 2. The van der Waals surface area contributed by atoms with Gasteiger partial charge in [0.1, 0.15) is 5.82 Å². The molecule has 5 heteroatoms. The van der Waals surface area contributed by atoms with Crippen molar-refractivity contribution in [3.63, 3.8) is 0 Å². The Bertz CT molecular complexity index is 1120. The van der Waals surface area contributed by atoms with Gasteiger partial charge in [-0.1, -0.05) is 58.0 Å². The summed E-state index contributed by atoms with van der Waals surface area (Å²) in [6, 6.07) is 15.5. The zero-order chi connectivity index (χ0) is 25.8. The van der Waals surface area contributed by atoms with Crippen molar-refractivity contribution >= 4 is 23.3 Å². The molecule has 35 heavy (non-hydrogen) atoms. The number of hydrogen-bond donors (Lipinski definition) is 1. The van der Waals surface area contributed by atoms with Gasteiger partial charge in [0.2, 0.25) is 0 Å². The fourth-order valence-corrected chi connectivity index (χ4v) is 3.71. The summed E-state index contributed by atoms with van der Waals surface area (Å²) in [6.07, 6.45) is 8.07. The molecule has 2 aromatic carbocycles. The van der Waals surface area contributed by atoms with Gasteiger partial charge < -0.3 is 5.73 Å². The Labute approximate surface area is 208 Å². The SMILES string of the molecule is CC.CC(CC(=O)c1ccc(CCC(=O)/C=C/c2cccnc2)cc1)C(C)c1cc(F)ccc1N. The highest BCUT2D eigenvalue weighted by Crippen LogP contribution is 2.31. The van der Waals surface area contributed by atoms with Crippen molar-refractivity contribution in [3.8, 4) is 0 Å². The summed E-state index contributed by atoms with van der Waals surface area (Å²) >= 11 is 0. The van der Waals surface area contributed by atoms with Crippen molar-refractivity contribution in [3.05, 3.63) is 101 Å². The molecule has 0 aliphatic heterocycles. The van der Waals surface area contributed by atoms with E-state index < -0.39 is 0 Å². The molecule has 0 aliphatic carbocycles. The molecule has 0 saturated heterocycles. The van der Waals surface area contributed by atoms with Crippen molar-refractivity contribution in [1.82, 2.24) is 4.98 Å². The zero-order valence-electron chi connectivity index (χ0n) is 21.0. The van der Waals surface area contributed by atoms with Crippen LogP contribution in [0.15, 0.2) is 73.1 Å². The van der Waals surface area contributed by atoms with Crippen LogP contribution < -0.4 is 5.73 Å². The third-order valence-electron chi connectivity index (χ3n) is 5.98. The van der Waals surface area contributed by atoms with Crippen LogP contribution in [0.5, 0.6) is 0 Å². The number of nitrogens with two attached hydrogens (primary N) is 1. The number of halogens is 1. The first-order chi connectivity index (χ1) is 16.8. The predicted molar refractivity (Wildman–Crippen MR) is 142 cm³/mol. The number of pyridine rings is 1. The number of rotatable bonds is 10. The molecule has 0 spiro atoms. The Balaban J connectivity index is 0.00000210. The van der Waals surface area contributed by atoms with Gasteiger partial charge in [0.05, 0.1) is 0 Å². The minimum absolute atomic E-state index is 0.00509. The lowest BCUT2D eigenvalue weighted by Crippen LogP contribution is -2.14. The second-order valence-corrected chi connectivity index (χ2v) is 8.45. The molecule has 0 fully saturated rings. The number of nitrogen functional groups attached to an aromatic ring is 1. The van der Waals surface area contributed by atoms with Gasteiger partial charge in [-0.3, -0.25) is 14.6 Å². The van der Waals surface area contributed by atoms with E-state index in [-0.39, 0.29) is 29.2 Å². The maximum Gasteiger partial charge on any atom is 0.163 e. The highest BCUT2D eigenvalue weighted by molar-refractivity contribution is 5.96. The van der Waals surface area contributed by atoms with E-state index in [9.17, 15) is 14.0 Å². The first-order valence-electron chi connectivity index (χ1n) is 12.1.